The molecular weight excluding hydrogens is 411 g/mol. The lowest BCUT2D eigenvalue weighted by Gasteiger charge is -2.07. The van der Waals surface area contributed by atoms with Crippen molar-refractivity contribution in [1.82, 2.24) is 14.9 Å². The fraction of sp³-hybridized carbons (Fsp3) is 0.0625. The van der Waals surface area contributed by atoms with E-state index in [1.54, 1.807) is 24.3 Å². The first-order valence-corrected chi connectivity index (χ1v) is 9.05. The Bertz CT molecular complexity index is 1060. The van der Waals surface area contributed by atoms with Crippen LogP contribution in [0.3, 0.4) is 0 Å². The molecule has 1 aromatic heterocycles. The van der Waals surface area contributed by atoms with E-state index in [4.69, 9.17) is 17.4 Å². The number of nitrogens with one attached hydrogen (secondary N) is 1. The van der Waals surface area contributed by atoms with Gasteiger partial charge in [0.05, 0.1) is 21.8 Å². The van der Waals surface area contributed by atoms with Crippen LogP contribution < -0.4 is 11.2 Å². The number of thioether (sulfide) groups is 1. The molecule has 0 bridgehead atoms. The molecule has 2 aromatic carbocycles. The standard InChI is InChI=1S/C16H12ClFN6O3S/c17-11-4-2-1-3-10(11)15-21-22-16(23(15)19)28-8-14(25)20-12-6-5-9(18)7-13(12)24(26)27/h1-7H,8,19H2,(H,20,25). The Kier molecular flexibility index (Phi) is 5.76. The molecule has 3 rings (SSSR count). The largest absolute Gasteiger partial charge is 0.335 e. The summed E-state index contributed by atoms with van der Waals surface area (Å²) in [6, 6.07) is 9.81. The third-order valence-corrected chi connectivity index (χ3v) is 4.81. The summed E-state index contributed by atoms with van der Waals surface area (Å²) in [5, 5.41) is 21.9. The van der Waals surface area contributed by atoms with Gasteiger partial charge in [-0.2, -0.15) is 0 Å². The predicted molar refractivity (Wildman–Crippen MR) is 103 cm³/mol. The normalized spacial score (nSPS) is 10.6. The Balaban J connectivity index is 1.70. The number of aromatic nitrogens is 3. The van der Waals surface area contributed by atoms with E-state index in [-0.39, 0.29) is 16.6 Å². The summed E-state index contributed by atoms with van der Waals surface area (Å²) < 4.78 is 14.4. The van der Waals surface area contributed by atoms with Gasteiger partial charge in [-0.3, -0.25) is 14.9 Å². The molecule has 1 heterocycles. The van der Waals surface area contributed by atoms with E-state index in [1.807, 2.05) is 0 Å². The Hall–Kier alpha value is -3.18. The number of nitrogens with two attached hydrogens (primary N) is 1. The molecule has 0 saturated heterocycles. The first kappa shape index (κ1) is 19.6. The zero-order valence-corrected chi connectivity index (χ0v) is 15.6. The highest BCUT2D eigenvalue weighted by Crippen LogP contribution is 2.28. The van der Waals surface area contributed by atoms with Crippen molar-refractivity contribution in [3.05, 3.63) is 63.4 Å². The van der Waals surface area contributed by atoms with Crippen molar-refractivity contribution in [3.63, 3.8) is 0 Å². The third kappa shape index (κ3) is 4.21. The molecule has 0 aliphatic heterocycles. The number of nitro groups is 1. The van der Waals surface area contributed by atoms with Crippen molar-refractivity contribution >= 4 is 40.6 Å². The number of halogens is 2. The molecule has 0 atom stereocenters. The molecule has 9 nitrogen and oxygen atoms in total. The van der Waals surface area contributed by atoms with E-state index >= 15 is 0 Å². The van der Waals surface area contributed by atoms with Gasteiger partial charge in [0.25, 0.3) is 5.69 Å². The Morgan fingerprint density at radius 3 is 2.79 bits per heavy atom. The van der Waals surface area contributed by atoms with Crippen molar-refractivity contribution in [3.8, 4) is 11.4 Å². The summed E-state index contributed by atoms with van der Waals surface area (Å²) in [5.41, 5.74) is -0.0678. The molecule has 0 aliphatic rings. The molecule has 0 unspecified atom stereocenters. The number of nitrogen functional groups attached to an aromatic ring is 1. The van der Waals surface area contributed by atoms with E-state index in [9.17, 15) is 19.3 Å². The van der Waals surface area contributed by atoms with Gasteiger partial charge in [0.2, 0.25) is 11.1 Å². The van der Waals surface area contributed by atoms with E-state index in [1.165, 1.54) is 4.68 Å². The topological polar surface area (TPSA) is 129 Å². The van der Waals surface area contributed by atoms with Gasteiger partial charge < -0.3 is 11.2 Å². The monoisotopic (exact) mass is 422 g/mol. The minimum atomic E-state index is -0.780. The van der Waals surface area contributed by atoms with Gasteiger partial charge in [0.1, 0.15) is 11.5 Å². The number of carbonyl (C=O) groups is 1. The Morgan fingerprint density at radius 1 is 1.32 bits per heavy atom. The molecule has 144 valence electrons. The van der Waals surface area contributed by atoms with Gasteiger partial charge >= 0.3 is 0 Å². The number of hydrogen-bond donors (Lipinski definition) is 2. The van der Waals surface area contributed by atoms with E-state index in [2.05, 4.69) is 15.5 Å². The van der Waals surface area contributed by atoms with Crippen LogP contribution in [0.1, 0.15) is 0 Å². The van der Waals surface area contributed by atoms with Gasteiger partial charge in [-0.15, -0.1) is 10.2 Å². The molecular formula is C16H12ClFN6O3S. The minimum Gasteiger partial charge on any atom is -0.335 e. The SMILES string of the molecule is Nn1c(SCC(=O)Nc2ccc(F)cc2[N+](=O)[O-])nnc1-c1ccccc1Cl. The number of nitrogens with zero attached hydrogens (tertiary/aromatic N) is 4. The van der Waals surface area contributed by atoms with Crippen LogP contribution in [0.25, 0.3) is 11.4 Å². The maximum atomic E-state index is 13.2. The van der Waals surface area contributed by atoms with E-state index in [0.29, 0.717) is 16.4 Å². The van der Waals surface area contributed by atoms with E-state index in [0.717, 1.165) is 30.0 Å². The van der Waals surface area contributed by atoms with Crippen molar-refractivity contribution in [1.29, 1.82) is 0 Å². The maximum absolute atomic E-state index is 13.2. The number of hydrogen-bond acceptors (Lipinski definition) is 7. The highest BCUT2D eigenvalue weighted by atomic mass is 35.5. The number of rotatable bonds is 6. The highest BCUT2D eigenvalue weighted by molar-refractivity contribution is 7.99. The van der Waals surface area contributed by atoms with Gasteiger partial charge in [-0.1, -0.05) is 35.5 Å². The molecule has 3 N–H and O–H groups in total. The first-order valence-electron chi connectivity index (χ1n) is 7.69. The molecule has 0 radical (unpaired) electrons. The zero-order valence-electron chi connectivity index (χ0n) is 14.0. The summed E-state index contributed by atoms with van der Waals surface area (Å²) in [7, 11) is 0. The number of carbonyl (C=O) groups excluding carboxylic acids is 1. The molecule has 0 fully saturated rings. The molecule has 12 heteroatoms. The second kappa shape index (κ2) is 8.23. The van der Waals surface area contributed by atoms with Crippen molar-refractivity contribution in [2.75, 3.05) is 16.9 Å². The van der Waals surface area contributed by atoms with Crippen LogP contribution in [-0.2, 0) is 4.79 Å². The summed E-state index contributed by atoms with van der Waals surface area (Å²) in [6.45, 7) is 0. The summed E-state index contributed by atoms with van der Waals surface area (Å²) in [4.78, 5) is 22.3. The van der Waals surface area contributed by atoms with Crippen molar-refractivity contribution in [2.24, 2.45) is 0 Å². The Labute approximate surface area is 166 Å². The van der Waals surface area contributed by atoms with Crippen molar-refractivity contribution in [2.45, 2.75) is 5.16 Å². The molecule has 28 heavy (non-hydrogen) atoms. The number of anilines is 1. The van der Waals surface area contributed by atoms with Gasteiger partial charge in [-0.05, 0) is 24.3 Å². The maximum Gasteiger partial charge on any atom is 0.295 e. The second-order valence-electron chi connectivity index (χ2n) is 5.41. The van der Waals surface area contributed by atoms with Gasteiger partial charge in [-0.25, -0.2) is 9.07 Å². The lowest BCUT2D eigenvalue weighted by atomic mass is 10.2. The second-order valence-corrected chi connectivity index (χ2v) is 6.76. The molecule has 0 spiro atoms. The fourth-order valence-electron chi connectivity index (χ4n) is 2.28. The fourth-order valence-corrected chi connectivity index (χ4v) is 3.16. The van der Waals surface area contributed by atoms with Crippen LogP contribution in [0.5, 0.6) is 0 Å². The molecule has 3 aromatic rings. The average Bonchev–Trinajstić information content (AvgIpc) is 3.02. The lowest BCUT2D eigenvalue weighted by molar-refractivity contribution is -0.384. The Morgan fingerprint density at radius 2 is 2.07 bits per heavy atom. The average molecular weight is 423 g/mol. The number of nitro benzene ring substituents is 1. The van der Waals surface area contributed by atoms with Crippen LogP contribution in [-0.4, -0.2) is 31.5 Å². The van der Waals surface area contributed by atoms with Crippen molar-refractivity contribution < 1.29 is 14.1 Å². The zero-order chi connectivity index (χ0) is 20.3. The summed E-state index contributed by atoms with van der Waals surface area (Å²) in [6.07, 6.45) is 0. The third-order valence-electron chi connectivity index (χ3n) is 3.54. The quantitative estimate of drug-likeness (QED) is 0.270. The summed E-state index contributed by atoms with van der Waals surface area (Å²) in [5.74, 6) is 4.82. The van der Waals surface area contributed by atoms with Crippen LogP contribution in [0.4, 0.5) is 15.8 Å². The molecule has 0 aliphatic carbocycles. The van der Waals surface area contributed by atoms with Gasteiger partial charge in [0.15, 0.2) is 5.82 Å². The predicted octanol–water partition coefficient (Wildman–Crippen LogP) is 3.09. The van der Waals surface area contributed by atoms with Crippen LogP contribution in [0.2, 0.25) is 5.02 Å². The van der Waals surface area contributed by atoms with E-state index < -0.39 is 22.3 Å². The first-order chi connectivity index (χ1) is 13.4. The number of benzene rings is 2. The number of amides is 1. The van der Waals surface area contributed by atoms with Crippen LogP contribution >= 0.6 is 23.4 Å². The van der Waals surface area contributed by atoms with Crippen LogP contribution in [0.15, 0.2) is 47.6 Å². The minimum absolute atomic E-state index is 0.108. The smallest absolute Gasteiger partial charge is 0.295 e. The van der Waals surface area contributed by atoms with Crippen LogP contribution in [0, 0.1) is 15.9 Å². The lowest BCUT2D eigenvalue weighted by Crippen LogP contribution is -2.17. The summed E-state index contributed by atoms with van der Waals surface area (Å²) >= 11 is 7.10. The van der Waals surface area contributed by atoms with Gasteiger partial charge in [0, 0.05) is 5.56 Å². The highest BCUT2D eigenvalue weighted by Gasteiger charge is 2.19. The molecule has 1 amide bonds. The molecule has 0 saturated carbocycles.